The molecule has 0 aliphatic heterocycles. The van der Waals surface area contributed by atoms with Crippen molar-refractivity contribution in [2.75, 3.05) is 7.05 Å². The van der Waals surface area contributed by atoms with Gasteiger partial charge in [0.05, 0.1) is 0 Å². The average molecular weight is 254 g/mol. The highest BCUT2D eigenvalue weighted by Crippen LogP contribution is 2.22. The van der Waals surface area contributed by atoms with Gasteiger partial charge < -0.3 is 5.73 Å². The molecule has 0 spiro atoms. The number of halogens is 1. The van der Waals surface area contributed by atoms with Crippen LogP contribution in [0.15, 0.2) is 59.6 Å². The molecule has 96 valence electrons. The maximum atomic E-state index is 12.9. The summed E-state index contributed by atoms with van der Waals surface area (Å²) in [7, 11) is 1.69. The molecule has 2 aromatic carbocycles. The molecule has 0 aliphatic rings. The molecule has 3 heteroatoms. The molecule has 0 fully saturated rings. The molecule has 0 aliphatic carbocycles. The molecular weight excluding hydrogens is 239 g/mol. The smallest absolute Gasteiger partial charge is 0.123 e. The van der Waals surface area contributed by atoms with Gasteiger partial charge in [0, 0.05) is 19.0 Å². The fourth-order valence-electron chi connectivity index (χ4n) is 1.77. The van der Waals surface area contributed by atoms with E-state index in [0.717, 1.165) is 16.7 Å². The third kappa shape index (κ3) is 3.28. The van der Waals surface area contributed by atoms with Crippen molar-refractivity contribution in [3.8, 4) is 11.1 Å². The lowest BCUT2D eigenvalue weighted by molar-refractivity contribution is 0.628. The minimum Gasteiger partial charge on any atom is -0.398 e. The van der Waals surface area contributed by atoms with E-state index in [1.165, 1.54) is 12.1 Å². The number of hydrogen-bond acceptors (Lipinski definition) is 2. The maximum Gasteiger partial charge on any atom is 0.123 e. The molecule has 2 N–H and O–H groups in total. The number of nitrogens with two attached hydrogens (primary N) is 1. The van der Waals surface area contributed by atoms with Crippen LogP contribution in [0.4, 0.5) is 4.39 Å². The Bertz CT molecular complexity index is 613. The fraction of sp³-hybridized carbons (Fsp3) is 0.0625. The zero-order chi connectivity index (χ0) is 13.7. The zero-order valence-electron chi connectivity index (χ0n) is 10.7. The first-order valence-electron chi connectivity index (χ1n) is 5.95. The molecule has 19 heavy (non-hydrogen) atoms. The lowest BCUT2D eigenvalue weighted by atomic mass is 10.0. The van der Waals surface area contributed by atoms with Gasteiger partial charge in [0.2, 0.25) is 0 Å². The van der Waals surface area contributed by atoms with Crippen LogP contribution < -0.4 is 5.73 Å². The van der Waals surface area contributed by atoms with Crippen molar-refractivity contribution in [3.05, 3.63) is 66.0 Å². The van der Waals surface area contributed by atoms with E-state index in [9.17, 15) is 4.39 Å². The third-order valence-corrected chi connectivity index (χ3v) is 2.78. The normalized spacial score (nSPS) is 12.0. The van der Waals surface area contributed by atoms with Crippen LogP contribution in [-0.4, -0.2) is 13.3 Å². The van der Waals surface area contributed by atoms with Crippen LogP contribution >= 0.6 is 0 Å². The van der Waals surface area contributed by atoms with Gasteiger partial charge in [-0.2, -0.15) is 0 Å². The van der Waals surface area contributed by atoms with Crippen molar-refractivity contribution in [1.82, 2.24) is 0 Å². The van der Waals surface area contributed by atoms with E-state index in [4.69, 9.17) is 5.73 Å². The number of nitrogens with zero attached hydrogens (tertiary/aromatic N) is 1. The van der Waals surface area contributed by atoms with Gasteiger partial charge in [-0.05, 0) is 41.0 Å². The van der Waals surface area contributed by atoms with Crippen LogP contribution in [-0.2, 0) is 0 Å². The Balaban J connectivity index is 2.36. The highest BCUT2D eigenvalue weighted by atomic mass is 19.1. The molecule has 2 aromatic rings. The van der Waals surface area contributed by atoms with E-state index < -0.39 is 0 Å². The van der Waals surface area contributed by atoms with Crippen LogP contribution in [0.5, 0.6) is 0 Å². The molecule has 0 unspecified atom stereocenters. The lowest BCUT2D eigenvalue weighted by Crippen LogP contribution is -1.96. The largest absolute Gasteiger partial charge is 0.398 e. The minimum absolute atomic E-state index is 0.238. The molecule has 0 heterocycles. The van der Waals surface area contributed by atoms with E-state index in [0.29, 0.717) is 5.70 Å². The van der Waals surface area contributed by atoms with Crippen LogP contribution in [0.1, 0.15) is 5.56 Å². The Kier molecular flexibility index (Phi) is 4.08. The highest BCUT2D eigenvalue weighted by Gasteiger charge is 2.01. The Morgan fingerprint density at radius 1 is 1.11 bits per heavy atom. The van der Waals surface area contributed by atoms with Gasteiger partial charge in [-0.15, -0.1) is 0 Å². The molecule has 0 amide bonds. The predicted molar refractivity (Wildman–Crippen MR) is 78.4 cm³/mol. The summed E-state index contributed by atoms with van der Waals surface area (Å²) in [4.78, 5) is 3.87. The number of hydrogen-bond donors (Lipinski definition) is 1. The first-order chi connectivity index (χ1) is 9.20. The standard InChI is InChI=1S/C16H15FN2/c1-19-10-9-16(18)14-4-2-3-13(11-14)12-5-7-15(17)8-6-12/h2-11H,18H2,1H3/b16-9-,19-10?. The molecule has 0 saturated carbocycles. The van der Waals surface area contributed by atoms with Crippen molar-refractivity contribution >= 4 is 11.9 Å². The van der Waals surface area contributed by atoms with Crippen LogP contribution in [0.3, 0.4) is 0 Å². The zero-order valence-corrected chi connectivity index (χ0v) is 10.7. The Morgan fingerprint density at radius 2 is 1.84 bits per heavy atom. The van der Waals surface area contributed by atoms with E-state index >= 15 is 0 Å². The highest BCUT2D eigenvalue weighted by molar-refractivity contribution is 5.84. The van der Waals surface area contributed by atoms with Gasteiger partial charge in [-0.25, -0.2) is 4.39 Å². The molecule has 0 saturated heterocycles. The summed E-state index contributed by atoms with van der Waals surface area (Å²) >= 11 is 0. The van der Waals surface area contributed by atoms with Crippen LogP contribution in [0.2, 0.25) is 0 Å². The Labute approximate surface area is 112 Å². The number of allylic oxidation sites excluding steroid dienone is 1. The summed E-state index contributed by atoms with van der Waals surface area (Å²) < 4.78 is 12.9. The van der Waals surface area contributed by atoms with Gasteiger partial charge in [0.15, 0.2) is 0 Å². The summed E-state index contributed by atoms with van der Waals surface area (Å²) in [5.74, 6) is -0.238. The average Bonchev–Trinajstić information content (AvgIpc) is 2.45. The Hall–Kier alpha value is -2.42. The van der Waals surface area contributed by atoms with E-state index in [1.807, 2.05) is 24.3 Å². The van der Waals surface area contributed by atoms with E-state index in [1.54, 1.807) is 31.5 Å². The fourth-order valence-corrected chi connectivity index (χ4v) is 1.77. The topological polar surface area (TPSA) is 38.4 Å². The second-order valence-electron chi connectivity index (χ2n) is 4.12. The SMILES string of the molecule is CN=C/C=C(\N)c1cccc(-c2ccc(F)cc2)c1. The van der Waals surface area contributed by atoms with Crippen molar-refractivity contribution in [2.45, 2.75) is 0 Å². The predicted octanol–water partition coefficient (Wildman–Crippen LogP) is 3.49. The van der Waals surface area contributed by atoms with E-state index in [-0.39, 0.29) is 5.82 Å². The van der Waals surface area contributed by atoms with Gasteiger partial charge in [0.1, 0.15) is 5.82 Å². The first-order valence-corrected chi connectivity index (χ1v) is 5.95. The van der Waals surface area contributed by atoms with Gasteiger partial charge in [-0.3, -0.25) is 4.99 Å². The number of aliphatic imine (C=N–C) groups is 1. The summed E-state index contributed by atoms with van der Waals surface area (Å²) in [5.41, 5.74) is 9.49. The van der Waals surface area contributed by atoms with Crippen molar-refractivity contribution in [3.63, 3.8) is 0 Å². The molecular formula is C16H15FN2. The summed E-state index contributed by atoms with van der Waals surface area (Å²) in [6, 6.07) is 14.2. The quantitative estimate of drug-likeness (QED) is 0.836. The van der Waals surface area contributed by atoms with Crippen molar-refractivity contribution in [1.29, 1.82) is 0 Å². The molecule has 0 atom stereocenters. The van der Waals surface area contributed by atoms with Gasteiger partial charge in [0.25, 0.3) is 0 Å². The Morgan fingerprint density at radius 3 is 2.53 bits per heavy atom. The first kappa shape index (κ1) is 13.0. The van der Waals surface area contributed by atoms with E-state index in [2.05, 4.69) is 4.99 Å². The second kappa shape index (κ2) is 5.96. The summed E-state index contributed by atoms with van der Waals surface area (Å²) in [6.07, 6.45) is 3.41. The summed E-state index contributed by atoms with van der Waals surface area (Å²) in [6.45, 7) is 0. The number of benzene rings is 2. The third-order valence-electron chi connectivity index (χ3n) is 2.78. The van der Waals surface area contributed by atoms with Crippen LogP contribution in [0, 0.1) is 5.82 Å². The molecule has 0 radical (unpaired) electrons. The maximum absolute atomic E-state index is 12.9. The lowest BCUT2D eigenvalue weighted by Gasteiger charge is -2.05. The van der Waals surface area contributed by atoms with Gasteiger partial charge in [-0.1, -0.05) is 30.3 Å². The molecule has 0 bridgehead atoms. The summed E-state index contributed by atoms with van der Waals surface area (Å²) in [5, 5.41) is 0. The van der Waals surface area contributed by atoms with Gasteiger partial charge >= 0.3 is 0 Å². The minimum atomic E-state index is -0.238. The molecule has 2 nitrogen and oxygen atoms in total. The van der Waals surface area contributed by atoms with Crippen molar-refractivity contribution < 1.29 is 4.39 Å². The van der Waals surface area contributed by atoms with Crippen molar-refractivity contribution in [2.24, 2.45) is 10.7 Å². The number of rotatable bonds is 3. The second-order valence-corrected chi connectivity index (χ2v) is 4.12. The molecule has 0 aromatic heterocycles. The monoisotopic (exact) mass is 254 g/mol. The molecule has 2 rings (SSSR count). The van der Waals surface area contributed by atoms with Crippen LogP contribution in [0.25, 0.3) is 16.8 Å².